The quantitative estimate of drug-likeness (QED) is 0.930. The number of piperidine rings is 1. The largest absolute Gasteiger partial charge is 0.453 e. The molecule has 0 saturated carbocycles. The van der Waals surface area contributed by atoms with E-state index in [1.807, 2.05) is 0 Å². The van der Waals surface area contributed by atoms with E-state index < -0.39 is 6.09 Å². The highest BCUT2D eigenvalue weighted by molar-refractivity contribution is 5.82. The van der Waals surface area contributed by atoms with Crippen molar-refractivity contribution >= 4 is 12.0 Å². The molecule has 1 saturated heterocycles. The molecule has 1 N–H and O–H groups in total. The molecule has 0 radical (unpaired) electrons. The molecule has 6 heteroatoms. The van der Waals surface area contributed by atoms with Gasteiger partial charge < -0.3 is 15.0 Å². The van der Waals surface area contributed by atoms with Crippen LogP contribution in [0.2, 0.25) is 0 Å². The zero-order valence-electron chi connectivity index (χ0n) is 12.0. The first-order chi connectivity index (χ1) is 10.1. The molecule has 2 rings (SSSR count). The molecule has 0 spiro atoms. The molecule has 1 fully saturated rings. The van der Waals surface area contributed by atoms with E-state index in [0.717, 1.165) is 24.8 Å². The molecule has 0 aliphatic carbocycles. The Balaban J connectivity index is 2.06. The van der Waals surface area contributed by atoms with E-state index in [-0.39, 0.29) is 24.3 Å². The highest BCUT2D eigenvalue weighted by Crippen LogP contribution is 2.30. The number of ether oxygens (including phenoxy) is 1. The summed E-state index contributed by atoms with van der Waals surface area (Å²) in [5.41, 5.74) is 0.919. The van der Waals surface area contributed by atoms with E-state index in [0.29, 0.717) is 6.54 Å². The molecule has 0 bridgehead atoms. The SMILES string of the molecule is COC(=O)NCC(=O)N1CCCC[C@H]1c1ccc(F)cc1. The molecule has 1 aromatic carbocycles. The van der Waals surface area contributed by atoms with Gasteiger partial charge in [0.2, 0.25) is 5.91 Å². The first kappa shape index (κ1) is 15.3. The van der Waals surface area contributed by atoms with Crippen LogP contribution in [0.5, 0.6) is 0 Å². The van der Waals surface area contributed by atoms with Crippen LogP contribution in [0.15, 0.2) is 24.3 Å². The number of methoxy groups -OCH3 is 1. The molecule has 1 aromatic rings. The average Bonchev–Trinajstić information content (AvgIpc) is 2.53. The maximum Gasteiger partial charge on any atom is 0.407 e. The summed E-state index contributed by atoms with van der Waals surface area (Å²) in [6.45, 7) is 0.550. The van der Waals surface area contributed by atoms with Crippen molar-refractivity contribution in [3.63, 3.8) is 0 Å². The molecule has 1 atom stereocenters. The molecule has 1 aliphatic rings. The number of carbonyl (C=O) groups is 2. The maximum atomic E-state index is 13.0. The number of halogens is 1. The molecule has 0 aromatic heterocycles. The number of likely N-dealkylation sites (tertiary alicyclic amines) is 1. The summed E-state index contributed by atoms with van der Waals surface area (Å²) in [5, 5.41) is 2.40. The summed E-state index contributed by atoms with van der Waals surface area (Å²) in [7, 11) is 1.25. The Hall–Kier alpha value is -2.11. The highest BCUT2D eigenvalue weighted by atomic mass is 19.1. The summed E-state index contributed by atoms with van der Waals surface area (Å²) in [4.78, 5) is 25.0. The summed E-state index contributed by atoms with van der Waals surface area (Å²) in [5.74, 6) is -0.450. The lowest BCUT2D eigenvalue weighted by molar-refractivity contribution is -0.134. The lowest BCUT2D eigenvalue weighted by Gasteiger charge is -2.36. The van der Waals surface area contributed by atoms with Crippen molar-refractivity contribution in [2.45, 2.75) is 25.3 Å². The van der Waals surface area contributed by atoms with Gasteiger partial charge in [-0.2, -0.15) is 0 Å². The second-order valence-corrected chi connectivity index (χ2v) is 5.00. The van der Waals surface area contributed by atoms with Gasteiger partial charge in [0, 0.05) is 6.54 Å². The highest BCUT2D eigenvalue weighted by Gasteiger charge is 2.27. The first-order valence-corrected chi connectivity index (χ1v) is 6.98. The van der Waals surface area contributed by atoms with Gasteiger partial charge in [0.05, 0.1) is 13.2 Å². The second kappa shape index (κ2) is 7.06. The number of alkyl carbamates (subject to hydrolysis) is 1. The molecule has 2 amide bonds. The smallest absolute Gasteiger partial charge is 0.407 e. The van der Waals surface area contributed by atoms with Crippen LogP contribution < -0.4 is 5.32 Å². The number of nitrogens with zero attached hydrogens (tertiary/aromatic N) is 1. The van der Waals surface area contributed by atoms with Gasteiger partial charge >= 0.3 is 6.09 Å². The number of rotatable bonds is 3. The zero-order chi connectivity index (χ0) is 15.2. The number of carbonyl (C=O) groups excluding carboxylic acids is 2. The first-order valence-electron chi connectivity index (χ1n) is 6.98. The van der Waals surface area contributed by atoms with Gasteiger partial charge in [0.1, 0.15) is 12.4 Å². The number of hydrogen-bond donors (Lipinski definition) is 1. The van der Waals surface area contributed by atoms with Crippen LogP contribution in [-0.2, 0) is 9.53 Å². The van der Waals surface area contributed by atoms with Gasteiger partial charge in [-0.3, -0.25) is 4.79 Å². The Morgan fingerprint density at radius 3 is 2.71 bits per heavy atom. The number of nitrogens with one attached hydrogen (secondary N) is 1. The maximum absolute atomic E-state index is 13.0. The van der Waals surface area contributed by atoms with Crippen LogP contribution in [0.25, 0.3) is 0 Å². The van der Waals surface area contributed by atoms with Crippen molar-refractivity contribution in [3.05, 3.63) is 35.6 Å². The third-order valence-corrected chi connectivity index (χ3v) is 3.65. The van der Waals surface area contributed by atoms with Crippen LogP contribution in [-0.4, -0.2) is 37.1 Å². The normalized spacial score (nSPS) is 18.2. The van der Waals surface area contributed by atoms with Crippen LogP contribution >= 0.6 is 0 Å². The Morgan fingerprint density at radius 1 is 1.33 bits per heavy atom. The molecule has 114 valence electrons. The lowest BCUT2D eigenvalue weighted by atomic mass is 9.95. The number of amides is 2. The zero-order valence-corrected chi connectivity index (χ0v) is 12.0. The Labute approximate surface area is 123 Å². The molecule has 5 nitrogen and oxygen atoms in total. The van der Waals surface area contributed by atoms with E-state index in [9.17, 15) is 14.0 Å². The summed E-state index contributed by atoms with van der Waals surface area (Å²) in [6.07, 6.45) is 2.17. The van der Waals surface area contributed by atoms with Crippen molar-refractivity contribution in [2.24, 2.45) is 0 Å². The van der Waals surface area contributed by atoms with E-state index in [1.165, 1.54) is 19.2 Å². The number of hydrogen-bond acceptors (Lipinski definition) is 3. The molecule has 1 heterocycles. The fourth-order valence-electron chi connectivity index (χ4n) is 2.58. The Bertz CT molecular complexity index is 504. The van der Waals surface area contributed by atoms with Crippen molar-refractivity contribution in [1.29, 1.82) is 0 Å². The fourth-order valence-corrected chi connectivity index (χ4v) is 2.58. The van der Waals surface area contributed by atoms with Crippen LogP contribution in [0.4, 0.5) is 9.18 Å². The minimum atomic E-state index is -0.626. The van der Waals surface area contributed by atoms with E-state index in [1.54, 1.807) is 17.0 Å². The molecular weight excluding hydrogens is 275 g/mol. The van der Waals surface area contributed by atoms with Crippen molar-refractivity contribution in [3.8, 4) is 0 Å². The van der Waals surface area contributed by atoms with Gasteiger partial charge in [-0.15, -0.1) is 0 Å². The van der Waals surface area contributed by atoms with Crippen molar-refractivity contribution in [2.75, 3.05) is 20.2 Å². The molecule has 21 heavy (non-hydrogen) atoms. The van der Waals surface area contributed by atoms with Gasteiger partial charge in [-0.25, -0.2) is 9.18 Å². The Kier molecular flexibility index (Phi) is 5.14. The standard InChI is InChI=1S/C15H19FN2O3/c1-21-15(20)17-10-14(19)18-9-3-2-4-13(18)11-5-7-12(16)8-6-11/h5-8,13H,2-4,9-10H2,1H3,(H,17,20)/t13-/m0/s1. The topological polar surface area (TPSA) is 58.6 Å². The van der Waals surface area contributed by atoms with Crippen molar-refractivity contribution < 1.29 is 18.7 Å². The summed E-state index contributed by atoms with van der Waals surface area (Å²) in [6, 6.07) is 6.16. The summed E-state index contributed by atoms with van der Waals surface area (Å²) < 4.78 is 17.5. The molecular formula is C15H19FN2O3. The van der Waals surface area contributed by atoms with Crippen LogP contribution in [0, 0.1) is 5.82 Å². The molecule has 1 aliphatic heterocycles. The van der Waals surface area contributed by atoms with Gasteiger partial charge in [0.15, 0.2) is 0 Å². The third kappa shape index (κ3) is 3.93. The predicted molar refractivity (Wildman–Crippen MR) is 75.1 cm³/mol. The van der Waals surface area contributed by atoms with E-state index in [4.69, 9.17) is 0 Å². The fraction of sp³-hybridized carbons (Fsp3) is 0.467. The van der Waals surface area contributed by atoms with Gasteiger partial charge in [0.25, 0.3) is 0 Å². The van der Waals surface area contributed by atoms with E-state index in [2.05, 4.69) is 10.1 Å². The minimum Gasteiger partial charge on any atom is -0.453 e. The van der Waals surface area contributed by atoms with Gasteiger partial charge in [-0.05, 0) is 37.0 Å². The predicted octanol–water partition coefficient (Wildman–Crippen LogP) is 2.24. The average molecular weight is 294 g/mol. The van der Waals surface area contributed by atoms with Crippen LogP contribution in [0.1, 0.15) is 30.9 Å². The van der Waals surface area contributed by atoms with Gasteiger partial charge in [-0.1, -0.05) is 12.1 Å². The van der Waals surface area contributed by atoms with Crippen LogP contribution in [0.3, 0.4) is 0 Å². The monoisotopic (exact) mass is 294 g/mol. The minimum absolute atomic E-state index is 0.0636. The third-order valence-electron chi connectivity index (χ3n) is 3.65. The van der Waals surface area contributed by atoms with Crippen molar-refractivity contribution in [1.82, 2.24) is 10.2 Å². The second-order valence-electron chi connectivity index (χ2n) is 5.00. The van der Waals surface area contributed by atoms with E-state index >= 15 is 0 Å². The summed E-state index contributed by atoms with van der Waals surface area (Å²) >= 11 is 0. The molecule has 0 unspecified atom stereocenters. The number of benzene rings is 1. The Morgan fingerprint density at radius 2 is 2.05 bits per heavy atom. The lowest BCUT2D eigenvalue weighted by Crippen LogP contribution is -2.44.